The second kappa shape index (κ2) is 5.83. The Bertz CT molecular complexity index is 660. The number of hydrogen-bond donors (Lipinski definition) is 1. The van der Waals surface area contributed by atoms with Gasteiger partial charge in [-0.25, -0.2) is 4.57 Å². The van der Waals surface area contributed by atoms with E-state index in [0.717, 1.165) is 12.0 Å². The Morgan fingerprint density at radius 3 is 2.40 bits per heavy atom. The summed E-state index contributed by atoms with van der Waals surface area (Å²) in [5.74, 6) is 0.486. The first-order valence-corrected chi connectivity index (χ1v) is 7.64. The molecular weight excluding hydrogens is 279 g/mol. The molecule has 0 saturated carbocycles. The number of aryl methyl sites for hydroxylation is 1. The second-order valence-electron chi connectivity index (χ2n) is 4.22. The Labute approximate surface area is 117 Å². The molecule has 0 amide bonds. The molecule has 0 atom stereocenters. The molecule has 0 aromatic heterocycles. The lowest BCUT2D eigenvalue weighted by Crippen LogP contribution is -1.98. The minimum absolute atomic E-state index is 0.146. The van der Waals surface area contributed by atoms with E-state index in [0.29, 0.717) is 16.5 Å². The monoisotopic (exact) mass is 296 g/mol. The molecule has 2 aromatic rings. The van der Waals surface area contributed by atoms with Crippen LogP contribution in [0.2, 0.25) is 0 Å². The highest BCUT2D eigenvalue weighted by Crippen LogP contribution is 2.49. The quantitative estimate of drug-likeness (QED) is 0.848. The van der Waals surface area contributed by atoms with Gasteiger partial charge in [0.25, 0.3) is 0 Å². The Kier molecular flexibility index (Phi) is 4.33. The molecule has 2 aromatic carbocycles. The Morgan fingerprint density at radius 1 is 1.10 bits per heavy atom. The molecule has 0 spiro atoms. The minimum Gasteiger partial charge on any atom is -0.507 e. The highest BCUT2D eigenvalue weighted by molar-refractivity contribution is 7.48. The van der Waals surface area contributed by atoms with Crippen molar-refractivity contribution in [3.63, 3.8) is 0 Å². The van der Waals surface area contributed by atoms with E-state index >= 15 is 0 Å². The zero-order valence-electron chi connectivity index (χ0n) is 11.6. The summed E-state index contributed by atoms with van der Waals surface area (Å²) in [4.78, 5) is 0. The maximum Gasteiger partial charge on any atom is 0.529 e. The molecule has 6 heteroatoms. The number of benzene rings is 2. The average Bonchev–Trinajstić information content (AvgIpc) is 2.49. The van der Waals surface area contributed by atoms with Crippen LogP contribution in [0.1, 0.15) is 12.5 Å². The normalized spacial score (nSPS) is 11.8. The summed E-state index contributed by atoms with van der Waals surface area (Å²) in [6.07, 6.45) is 0.856. The number of phosphoric ester groups is 1. The van der Waals surface area contributed by atoms with Gasteiger partial charge in [-0.2, -0.15) is 0 Å². The van der Waals surface area contributed by atoms with Crippen molar-refractivity contribution in [1.29, 1.82) is 0 Å². The van der Waals surface area contributed by atoms with Crippen molar-refractivity contribution in [1.82, 2.24) is 0 Å². The second-order valence-corrected chi connectivity index (χ2v) is 6.03. The van der Waals surface area contributed by atoms with Gasteiger partial charge in [-0.3, -0.25) is 9.05 Å². The topological polar surface area (TPSA) is 65.0 Å². The van der Waals surface area contributed by atoms with Crippen molar-refractivity contribution in [2.75, 3.05) is 14.2 Å². The van der Waals surface area contributed by atoms with Gasteiger partial charge in [-0.15, -0.1) is 0 Å². The van der Waals surface area contributed by atoms with Crippen LogP contribution in [-0.4, -0.2) is 19.3 Å². The van der Waals surface area contributed by atoms with Gasteiger partial charge in [0.05, 0.1) is 0 Å². The molecule has 20 heavy (non-hydrogen) atoms. The summed E-state index contributed by atoms with van der Waals surface area (Å²) in [6, 6.07) is 8.65. The van der Waals surface area contributed by atoms with Crippen LogP contribution in [0.4, 0.5) is 0 Å². The van der Waals surface area contributed by atoms with Gasteiger partial charge in [-0.05, 0) is 30.2 Å². The highest BCUT2D eigenvalue weighted by Gasteiger charge is 2.25. The SMILES string of the molecule is CCc1ccc2c(OP(=O)(OC)OC)ccc(O)c2c1. The van der Waals surface area contributed by atoms with Gasteiger partial charge in [-0.1, -0.05) is 19.1 Å². The fourth-order valence-electron chi connectivity index (χ4n) is 1.92. The number of fused-ring (bicyclic) bond motifs is 1. The lowest BCUT2D eigenvalue weighted by atomic mass is 10.0. The Morgan fingerprint density at radius 2 is 1.80 bits per heavy atom. The lowest BCUT2D eigenvalue weighted by molar-refractivity contribution is 0.212. The summed E-state index contributed by atoms with van der Waals surface area (Å²) in [6.45, 7) is 2.03. The number of rotatable bonds is 5. The predicted molar refractivity (Wildman–Crippen MR) is 77.2 cm³/mol. The first kappa shape index (κ1) is 14.9. The molecule has 0 aliphatic heterocycles. The van der Waals surface area contributed by atoms with E-state index in [1.54, 1.807) is 0 Å². The number of aromatic hydroxyl groups is 1. The maximum absolute atomic E-state index is 12.0. The van der Waals surface area contributed by atoms with Crippen LogP contribution >= 0.6 is 7.82 Å². The molecule has 0 radical (unpaired) electrons. The molecule has 0 saturated heterocycles. The van der Waals surface area contributed by atoms with Crippen LogP contribution < -0.4 is 4.52 Å². The third kappa shape index (κ3) is 2.80. The molecule has 108 valence electrons. The van der Waals surface area contributed by atoms with Gasteiger partial charge in [0.15, 0.2) is 0 Å². The van der Waals surface area contributed by atoms with E-state index in [1.807, 2.05) is 25.1 Å². The molecule has 0 unspecified atom stereocenters. The zero-order chi connectivity index (χ0) is 14.8. The van der Waals surface area contributed by atoms with Crippen LogP contribution in [0.3, 0.4) is 0 Å². The molecule has 0 bridgehead atoms. The van der Waals surface area contributed by atoms with Crippen molar-refractivity contribution >= 4 is 18.6 Å². The molecule has 1 N–H and O–H groups in total. The van der Waals surface area contributed by atoms with E-state index in [4.69, 9.17) is 13.6 Å². The lowest BCUT2D eigenvalue weighted by Gasteiger charge is -2.16. The summed E-state index contributed by atoms with van der Waals surface area (Å²) in [5.41, 5.74) is 1.09. The standard InChI is InChI=1S/C14H17O5P/c1-4-10-5-6-11-12(9-10)13(15)7-8-14(11)19-20(16,17-2)18-3/h5-9,15H,4H2,1-3H3. The van der Waals surface area contributed by atoms with Crippen molar-refractivity contribution < 1.29 is 23.2 Å². The number of phosphoric acid groups is 1. The third-order valence-electron chi connectivity index (χ3n) is 3.08. The summed E-state index contributed by atoms with van der Waals surface area (Å²) in [7, 11) is -1.12. The molecule has 0 fully saturated rings. The molecular formula is C14H17O5P. The molecule has 0 aliphatic rings. The van der Waals surface area contributed by atoms with E-state index in [-0.39, 0.29) is 5.75 Å². The fourth-order valence-corrected chi connectivity index (χ4v) is 2.62. The predicted octanol–water partition coefficient (Wildman–Crippen LogP) is 3.89. The molecule has 0 aliphatic carbocycles. The van der Waals surface area contributed by atoms with Crippen molar-refractivity contribution in [2.24, 2.45) is 0 Å². The number of phenols is 1. The van der Waals surface area contributed by atoms with Gasteiger partial charge < -0.3 is 9.63 Å². The van der Waals surface area contributed by atoms with Crippen LogP contribution in [-0.2, 0) is 20.0 Å². The smallest absolute Gasteiger partial charge is 0.507 e. The largest absolute Gasteiger partial charge is 0.529 e. The van der Waals surface area contributed by atoms with Crippen LogP contribution in [0.5, 0.6) is 11.5 Å². The molecule has 5 nitrogen and oxygen atoms in total. The van der Waals surface area contributed by atoms with Gasteiger partial charge in [0.2, 0.25) is 0 Å². The van der Waals surface area contributed by atoms with Gasteiger partial charge >= 0.3 is 7.82 Å². The highest BCUT2D eigenvalue weighted by atomic mass is 31.2. The van der Waals surface area contributed by atoms with Crippen molar-refractivity contribution in [2.45, 2.75) is 13.3 Å². The number of phenolic OH excluding ortho intramolecular Hbond substituents is 1. The third-order valence-corrected chi connectivity index (χ3v) is 4.40. The summed E-state index contributed by atoms with van der Waals surface area (Å²) < 4.78 is 26.9. The van der Waals surface area contributed by atoms with E-state index in [1.165, 1.54) is 26.4 Å². The van der Waals surface area contributed by atoms with Crippen molar-refractivity contribution in [3.05, 3.63) is 35.9 Å². The van der Waals surface area contributed by atoms with Gasteiger partial charge in [0.1, 0.15) is 11.5 Å². The summed E-state index contributed by atoms with van der Waals surface area (Å²) >= 11 is 0. The van der Waals surface area contributed by atoms with Gasteiger partial charge in [0, 0.05) is 25.0 Å². The van der Waals surface area contributed by atoms with Crippen LogP contribution in [0.15, 0.2) is 30.3 Å². The summed E-state index contributed by atoms with van der Waals surface area (Å²) in [5, 5.41) is 11.2. The van der Waals surface area contributed by atoms with Crippen molar-refractivity contribution in [3.8, 4) is 11.5 Å². The first-order chi connectivity index (χ1) is 9.53. The molecule has 2 rings (SSSR count). The van der Waals surface area contributed by atoms with E-state index < -0.39 is 7.82 Å². The fraction of sp³-hybridized carbons (Fsp3) is 0.286. The molecule has 0 heterocycles. The zero-order valence-corrected chi connectivity index (χ0v) is 12.5. The Balaban J connectivity index is 2.55. The van der Waals surface area contributed by atoms with Crippen LogP contribution in [0.25, 0.3) is 10.8 Å². The maximum atomic E-state index is 12.0. The van der Waals surface area contributed by atoms with Crippen LogP contribution in [0, 0.1) is 0 Å². The Hall–Kier alpha value is -1.55. The minimum atomic E-state index is -3.62. The average molecular weight is 296 g/mol. The van der Waals surface area contributed by atoms with E-state index in [9.17, 15) is 9.67 Å². The first-order valence-electron chi connectivity index (χ1n) is 6.18. The number of hydrogen-bond acceptors (Lipinski definition) is 5. The van der Waals surface area contributed by atoms with E-state index in [2.05, 4.69) is 0 Å².